The van der Waals surface area contributed by atoms with Crippen molar-refractivity contribution in [3.8, 4) is 22.9 Å². The van der Waals surface area contributed by atoms with Crippen LogP contribution in [0.15, 0.2) is 54.7 Å². The number of nitrogens with one attached hydrogen (secondary N) is 1. The molecule has 1 atom stereocenters. The first kappa shape index (κ1) is 22.0. The van der Waals surface area contributed by atoms with Crippen LogP contribution >= 0.6 is 11.6 Å². The number of carboxylic acid groups (broad SMARTS) is 1. The number of rotatable bonds is 8. The van der Waals surface area contributed by atoms with Gasteiger partial charge in [-0.25, -0.2) is 9.97 Å². The number of halogens is 1. The smallest absolute Gasteiger partial charge is 0.305 e. The van der Waals surface area contributed by atoms with Gasteiger partial charge in [-0.2, -0.15) is 0 Å². The molecule has 0 saturated carbocycles. The highest BCUT2D eigenvalue weighted by molar-refractivity contribution is 6.31. The monoisotopic (exact) mass is 441 g/mol. The fraction of sp³-hybridized carbons (Fsp3) is 0.182. The number of carbonyl (C=O) groups excluding carboxylic acids is 1. The third-order valence-corrected chi connectivity index (χ3v) is 4.84. The van der Waals surface area contributed by atoms with Crippen molar-refractivity contribution >= 4 is 23.5 Å². The molecule has 2 aromatic heterocycles. The molecule has 0 spiro atoms. The van der Waals surface area contributed by atoms with Crippen LogP contribution in [0.4, 0.5) is 0 Å². The lowest BCUT2D eigenvalue weighted by molar-refractivity contribution is -0.137. The molecule has 31 heavy (non-hydrogen) atoms. The Morgan fingerprint density at radius 1 is 1.10 bits per heavy atom. The number of aliphatic carboxylic acids is 1. The van der Waals surface area contributed by atoms with E-state index in [0.717, 1.165) is 0 Å². The van der Waals surface area contributed by atoms with Gasteiger partial charge in [0.1, 0.15) is 17.1 Å². The van der Waals surface area contributed by atoms with E-state index in [0.29, 0.717) is 33.5 Å². The van der Waals surface area contributed by atoms with E-state index in [9.17, 15) is 14.7 Å². The maximum Gasteiger partial charge on any atom is 0.305 e. The summed E-state index contributed by atoms with van der Waals surface area (Å²) in [6, 6.07) is 12.5. The van der Waals surface area contributed by atoms with Gasteiger partial charge in [0, 0.05) is 11.2 Å². The van der Waals surface area contributed by atoms with Gasteiger partial charge in [-0.1, -0.05) is 29.8 Å². The number of hydrogen-bond acceptors (Lipinski definition) is 6. The predicted octanol–water partition coefficient (Wildman–Crippen LogP) is 3.76. The molecule has 160 valence electrons. The van der Waals surface area contributed by atoms with E-state index < -0.39 is 17.9 Å². The minimum absolute atomic E-state index is 0.0733. The summed E-state index contributed by atoms with van der Waals surface area (Å²) >= 11 is 6.21. The summed E-state index contributed by atoms with van der Waals surface area (Å²) in [5, 5.41) is 12.4. The molecular weight excluding hydrogens is 422 g/mol. The van der Waals surface area contributed by atoms with Crippen LogP contribution in [0, 0.1) is 0 Å². The molecule has 1 aromatic carbocycles. The summed E-state index contributed by atoms with van der Waals surface area (Å²) in [7, 11) is 2.97. The maximum absolute atomic E-state index is 13.0. The molecule has 0 saturated heterocycles. The van der Waals surface area contributed by atoms with Gasteiger partial charge < -0.3 is 19.9 Å². The molecule has 2 heterocycles. The van der Waals surface area contributed by atoms with E-state index >= 15 is 0 Å². The average Bonchev–Trinajstić information content (AvgIpc) is 2.78. The molecule has 1 amide bonds. The van der Waals surface area contributed by atoms with Gasteiger partial charge in [-0.15, -0.1) is 0 Å². The van der Waals surface area contributed by atoms with Gasteiger partial charge >= 0.3 is 5.97 Å². The number of ether oxygens (including phenoxy) is 2. The number of nitrogens with zero attached hydrogens (tertiary/aromatic N) is 2. The Hall–Kier alpha value is -3.65. The molecule has 0 aliphatic heterocycles. The van der Waals surface area contributed by atoms with E-state index in [-0.39, 0.29) is 12.1 Å². The summed E-state index contributed by atoms with van der Waals surface area (Å²) in [6.45, 7) is 0. The summed E-state index contributed by atoms with van der Waals surface area (Å²) in [4.78, 5) is 32.9. The molecule has 3 rings (SSSR count). The van der Waals surface area contributed by atoms with Crippen LogP contribution < -0.4 is 14.8 Å². The number of carbonyl (C=O) groups is 2. The number of benzene rings is 1. The first-order valence-corrected chi connectivity index (χ1v) is 9.64. The highest BCUT2D eigenvalue weighted by Crippen LogP contribution is 2.33. The Morgan fingerprint density at radius 3 is 2.55 bits per heavy atom. The fourth-order valence-electron chi connectivity index (χ4n) is 3.07. The topological polar surface area (TPSA) is 111 Å². The third kappa shape index (κ3) is 5.10. The second-order valence-electron chi connectivity index (χ2n) is 6.45. The lowest BCUT2D eigenvalue weighted by Crippen LogP contribution is -2.31. The van der Waals surface area contributed by atoms with Crippen molar-refractivity contribution in [1.29, 1.82) is 0 Å². The van der Waals surface area contributed by atoms with Crippen molar-refractivity contribution in [2.24, 2.45) is 0 Å². The van der Waals surface area contributed by atoms with Gasteiger partial charge in [-0.3, -0.25) is 9.59 Å². The zero-order valence-corrected chi connectivity index (χ0v) is 17.6. The van der Waals surface area contributed by atoms with Gasteiger partial charge in [0.15, 0.2) is 0 Å². The van der Waals surface area contributed by atoms with Crippen LogP contribution in [0.5, 0.6) is 11.6 Å². The lowest BCUT2D eigenvalue weighted by Gasteiger charge is -2.19. The zero-order chi connectivity index (χ0) is 22.4. The van der Waals surface area contributed by atoms with Crippen molar-refractivity contribution in [3.05, 3.63) is 71.0 Å². The third-order valence-electron chi connectivity index (χ3n) is 4.50. The Morgan fingerprint density at radius 2 is 1.87 bits per heavy atom. The van der Waals surface area contributed by atoms with Crippen LogP contribution in [-0.2, 0) is 4.79 Å². The SMILES string of the molecule is COc1ccc(C(=O)N[C@@H](CC(=O)O)c2ccccc2Cl)nc1-c1cccnc1OC. The molecule has 0 aliphatic rings. The molecule has 0 fully saturated rings. The van der Waals surface area contributed by atoms with Gasteiger partial charge in [-0.05, 0) is 35.9 Å². The first-order chi connectivity index (χ1) is 14.9. The van der Waals surface area contributed by atoms with Crippen LogP contribution in [0.3, 0.4) is 0 Å². The quantitative estimate of drug-likeness (QED) is 0.547. The highest BCUT2D eigenvalue weighted by atomic mass is 35.5. The molecule has 0 aliphatic carbocycles. The van der Waals surface area contributed by atoms with Crippen LogP contribution in [0.1, 0.15) is 28.5 Å². The second kappa shape index (κ2) is 9.90. The molecule has 0 unspecified atom stereocenters. The van der Waals surface area contributed by atoms with Crippen molar-refractivity contribution in [3.63, 3.8) is 0 Å². The van der Waals surface area contributed by atoms with E-state index in [2.05, 4.69) is 15.3 Å². The maximum atomic E-state index is 13.0. The van der Waals surface area contributed by atoms with Crippen LogP contribution in [0.2, 0.25) is 5.02 Å². The van der Waals surface area contributed by atoms with E-state index in [1.807, 2.05) is 0 Å². The summed E-state index contributed by atoms with van der Waals surface area (Å²) in [5.74, 6) is -0.881. The summed E-state index contributed by atoms with van der Waals surface area (Å²) < 4.78 is 10.7. The second-order valence-corrected chi connectivity index (χ2v) is 6.86. The molecule has 0 radical (unpaired) electrons. The minimum Gasteiger partial charge on any atom is -0.494 e. The van der Waals surface area contributed by atoms with Crippen molar-refractivity contribution in [2.45, 2.75) is 12.5 Å². The molecule has 0 bridgehead atoms. The highest BCUT2D eigenvalue weighted by Gasteiger charge is 2.23. The van der Waals surface area contributed by atoms with Gasteiger partial charge in [0.05, 0.1) is 32.2 Å². The Bertz CT molecular complexity index is 1110. The van der Waals surface area contributed by atoms with Gasteiger partial charge in [0.2, 0.25) is 5.88 Å². The van der Waals surface area contributed by atoms with Crippen LogP contribution in [-0.4, -0.2) is 41.2 Å². The Labute approximate surface area is 183 Å². The largest absolute Gasteiger partial charge is 0.494 e. The van der Waals surface area contributed by atoms with Crippen LogP contribution in [0.25, 0.3) is 11.3 Å². The Balaban J connectivity index is 1.97. The minimum atomic E-state index is -1.08. The average molecular weight is 442 g/mol. The molecule has 9 heteroatoms. The molecule has 8 nitrogen and oxygen atoms in total. The lowest BCUT2D eigenvalue weighted by atomic mass is 10.0. The summed E-state index contributed by atoms with van der Waals surface area (Å²) in [5.41, 5.74) is 1.49. The number of pyridine rings is 2. The van der Waals surface area contributed by atoms with Crippen molar-refractivity contribution in [1.82, 2.24) is 15.3 Å². The molecule has 3 aromatic rings. The standard InChI is InChI=1S/C22H20ClN3O5/c1-30-18-10-9-16(25-20(18)14-7-5-11-24-22(14)31-2)21(29)26-17(12-19(27)28)13-6-3-4-8-15(13)23/h3-11,17H,12H2,1-2H3,(H,26,29)(H,27,28)/t17-/m0/s1. The fourth-order valence-corrected chi connectivity index (χ4v) is 3.33. The zero-order valence-electron chi connectivity index (χ0n) is 16.8. The molecule has 2 N–H and O–H groups in total. The number of amides is 1. The number of hydrogen-bond donors (Lipinski definition) is 2. The van der Waals surface area contributed by atoms with E-state index in [4.69, 9.17) is 21.1 Å². The van der Waals surface area contributed by atoms with Gasteiger partial charge in [0.25, 0.3) is 5.91 Å². The van der Waals surface area contributed by atoms with E-state index in [1.54, 1.807) is 48.7 Å². The Kier molecular flexibility index (Phi) is 7.04. The number of carboxylic acids is 1. The number of aromatic nitrogens is 2. The normalized spacial score (nSPS) is 11.5. The van der Waals surface area contributed by atoms with E-state index in [1.165, 1.54) is 20.3 Å². The predicted molar refractivity (Wildman–Crippen MR) is 114 cm³/mol. The number of methoxy groups -OCH3 is 2. The van der Waals surface area contributed by atoms with Crippen molar-refractivity contribution in [2.75, 3.05) is 14.2 Å². The summed E-state index contributed by atoms with van der Waals surface area (Å²) in [6.07, 6.45) is 1.24. The van der Waals surface area contributed by atoms with Crippen molar-refractivity contribution < 1.29 is 24.2 Å². The molecular formula is C22H20ClN3O5. The first-order valence-electron chi connectivity index (χ1n) is 9.26.